The van der Waals surface area contributed by atoms with Gasteiger partial charge >= 0.3 is 0 Å². The average molecular weight is 345 g/mol. The van der Waals surface area contributed by atoms with E-state index in [9.17, 15) is 18.0 Å². The molecular formula is C17H15NO5S. The lowest BCUT2D eigenvalue weighted by molar-refractivity contribution is 0.0664. The van der Waals surface area contributed by atoms with Crippen LogP contribution in [0.1, 0.15) is 20.7 Å². The molecule has 0 atom stereocenters. The minimum absolute atomic E-state index is 0.125. The van der Waals surface area contributed by atoms with E-state index in [-0.39, 0.29) is 17.2 Å². The van der Waals surface area contributed by atoms with E-state index in [1.54, 1.807) is 36.4 Å². The molecule has 0 unspecified atom stereocenters. The van der Waals surface area contributed by atoms with E-state index in [2.05, 4.69) is 0 Å². The zero-order valence-corrected chi connectivity index (χ0v) is 13.7. The lowest BCUT2D eigenvalue weighted by Crippen LogP contribution is -2.34. The standard InChI is InChI=1S/C17H15NO5S/c1-23-12-6-8-13(9-7-12)24(21,22)11-10-18-16(19)14-4-2-3-5-15(14)17(18)20/h2-9H,10-11H2,1H3. The fourth-order valence-electron chi connectivity index (χ4n) is 2.55. The normalized spacial score (nSPS) is 14.0. The number of imide groups is 1. The van der Waals surface area contributed by atoms with E-state index in [0.29, 0.717) is 16.9 Å². The molecule has 0 aromatic heterocycles. The number of sulfone groups is 1. The molecule has 0 saturated heterocycles. The molecule has 2 aromatic carbocycles. The third kappa shape index (κ3) is 2.78. The highest BCUT2D eigenvalue weighted by atomic mass is 32.2. The van der Waals surface area contributed by atoms with Crippen LogP contribution in [0, 0.1) is 0 Å². The minimum Gasteiger partial charge on any atom is -0.497 e. The Bertz CT molecular complexity index is 868. The summed E-state index contributed by atoms with van der Waals surface area (Å²) in [6.45, 7) is -0.180. The number of benzene rings is 2. The molecule has 124 valence electrons. The molecule has 2 amide bonds. The quantitative estimate of drug-likeness (QED) is 0.772. The summed E-state index contributed by atoms with van der Waals surface area (Å²) in [5.74, 6) is -0.694. The van der Waals surface area contributed by atoms with Gasteiger partial charge in [0, 0.05) is 6.54 Å². The topological polar surface area (TPSA) is 80.8 Å². The van der Waals surface area contributed by atoms with Gasteiger partial charge in [0.05, 0.1) is 28.9 Å². The zero-order valence-electron chi connectivity index (χ0n) is 12.9. The van der Waals surface area contributed by atoms with Crippen LogP contribution in [0.25, 0.3) is 0 Å². The summed E-state index contributed by atoms with van der Waals surface area (Å²) in [7, 11) is -2.12. The smallest absolute Gasteiger partial charge is 0.261 e. The van der Waals surface area contributed by atoms with Crippen molar-refractivity contribution in [2.75, 3.05) is 19.4 Å². The van der Waals surface area contributed by atoms with Gasteiger partial charge in [-0.2, -0.15) is 0 Å². The third-order valence-corrected chi connectivity index (χ3v) is 5.59. The van der Waals surface area contributed by atoms with Gasteiger partial charge in [0.25, 0.3) is 11.8 Å². The van der Waals surface area contributed by atoms with Crippen LogP contribution >= 0.6 is 0 Å². The summed E-state index contributed by atoms with van der Waals surface area (Å²) in [6.07, 6.45) is 0. The largest absolute Gasteiger partial charge is 0.497 e. The summed E-state index contributed by atoms with van der Waals surface area (Å²) in [4.78, 5) is 25.6. The van der Waals surface area contributed by atoms with E-state index in [0.717, 1.165) is 4.90 Å². The van der Waals surface area contributed by atoms with E-state index in [1.165, 1.54) is 19.2 Å². The second kappa shape index (κ2) is 6.09. The van der Waals surface area contributed by atoms with Crippen LogP contribution < -0.4 is 4.74 Å². The van der Waals surface area contributed by atoms with Crippen molar-refractivity contribution in [2.45, 2.75) is 4.90 Å². The van der Waals surface area contributed by atoms with Crippen LogP contribution in [0.2, 0.25) is 0 Å². The predicted octanol–water partition coefficient (Wildman–Crippen LogP) is 1.77. The van der Waals surface area contributed by atoms with Crippen LogP contribution in [0.15, 0.2) is 53.4 Å². The molecule has 1 heterocycles. The van der Waals surface area contributed by atoms with E-state index in [4.69, 9.17) is 4.74 Å². The second-order valence-corrected chi connectivity index (χ2v) is 7.41. The molecule has 1 aliphatic heterocycles. The van der Waals surface area contributed by atoms with Gasteiger partial charge in [-0.15, -0.1) is 0 Å². The molecule has 0 spiro atoms. The van der Waals surface area contributed by atoms with Gasteiger partial charge in [0.1, 0.15) is 5.75 Å². The van der Waals surface area contributed by atoms with Crippen molar-refractivity contribution < 1.29 is 22.7 Å². The molecule has 6 nitrogen and oxygen atoms in total. The van der Waals surface area contributed by atoms with Crippen molar-refractivity contribution in [3.8, 4) is 5.75 Å². The van der Waals surface area contributed by atoms with Gasteiger partial charge in [-0.25, -0.2) is 8.42 Å². The van der Waals surface area contributed by atoms with Gasteiger partial charge in [-0.05, 0) is 36.4 Å². The Kier molecular flexibility index (Phi) is 4.11. The molecule has 0 aliphatic carbocycles. The lowest BCUT2D eigenvalue weighted by Gasteiger charge is -2.14. The van der Waals surface area contributed by atoms with Crippen molar-refractivity contribution >= 4 is 21.7 Å². The van der Waals surface area contributed by atoms with Crippen molar-refractivity contribution in [1.29, 1.82) is 0 Å². The van der Waals surface area contributed by atoms with Gasteiger partial charge in [0.2, 0.25) is 0 Å². The monoisotopic (exact) mass is 345 g/mol. The zero-order chi connectivity index (χ0) is 17.3. The summed E-state index contributed by atoms with van der Waals surface area (Å²) in [6, 6.07) is 12.4. The number of rotatable bonds is 5. The van der Waals surface area contributed by atoms with Gasteiger partial charge in [0.15, 0.2) is 9.84 Å². The number of hydrogen-bond donors (Lipinski definition) is 0. The van der Waals surface area contributed by atoms with E-state index < -0.39 is 21.7 Å². The molecule has 1 aliphatic rings. The Hall–Kier alpha value is -2.67. The maximum absolute atomic E-state index is 12.4. The Morgan fingerprint density at radius 1 is 0.917 bits per heavy atom. The Morgan fingerprint density at radius 3 is 1.96 bits per heavy atom. The number of amides is 2. The van der Waals surface area contributed by atoms with Crippen LogP contribution in [0.5, 0.6) is 5.75 Å². The first kappa shape index (κ1) is 16.2. The first-order valence-corrected chi connectivity index (χ1v) is 8.91. The summed E-state index contributed by atoms with van der Waals surface area (Å²) in [5, 5.41) is 0. The highest BCUT2D eigenvalue weighted by molar-refractivity contribution is 7.91. The third-order valence-electron chi connectivity index (χ3n) is 3.88. The van der Waals surface area contributed by atoms with Crippen molar-refractivity contribution in [3.63, 3.8) is 0 Å². The number of nitrogens with zero attached hydrogens (tertiary/aromatic N) is 1. The molecule has 0 fully saturated rings. The average Bonchev–Trinajstić information content (AvgIpc) is 2.84. The fraction of sp³-hybridized carbons (Fsp3) is 0.176. The predicted molar refractivity (Wildman–Crippen MR) is 86.9 cm³/mol. The molecular weight excluding hydrogens is 330 g/mol. The molecule has 0 bridgehead atoms. The van der Waals surface area contributed by atoms with Crippen molar-refractivity contribution in [2.24, 2.45) is 0 Å². The van der Waals surface area contributed by atoms with Crippen molar-refractivity contribution in [3.05, 3.63) is 59.7 Å². The molecule has 0 saturated carbocycles. The SMILES string of the molecule is COc1ccc(S(=O)(=O)CCN2C(=O)c3ccccc3C2=O)cc1. The Balaban J connectivity index is 1.76. The maximum atomic E-state index is 12.4. The highest BCUT2D eigenvalue weighted by Gasteiger charge is 2.35. The van der Waals surface area contributed by atoms with Gasteiger partial charge in [-0.1, -0.05) is 12.1 Å². The summed E-state index contributed by atoms with van der Waals surface area (Å²) < 4.78 is 29.8. The number of ether oxygens (including phenoxy) is 1. The van der Waals surface area contributed by atoms with Crippen LogP contribution in [-0.4, -0.2) is 44.5 Å². The maximum Gasteiger partial charge on any atom is 0.261 e. The van der Waals surface area contributed by atoms with Gasteiger partial charge < -0.3 is 4.74 Å². The second-order valence-electron chi connectivity index (χ2n) is 5.30. The summed E-state index contributed by atoms with van der Waals surface area (Å²) in [5.41, 5.74) is 0.619. The lowest BCUT2D eigenvalue weighted by atomic mass is 10.1. The molecule has 3 rings (SSSR count). The number of fused-ring (bicyclic) bond motifs is 1. The Labute approximate surface area is 139 Å². The molecule has 7 heteroatoms. The minimum atomic E-state index is -3.61. The fourth-order valence-corrected chi connectivity index (χ4v) is 3.76. The van der Waals surface area contributed by atoms with E-state index in [1.807, 2.05) is 0 Å². The van der Waals surface area contributed by atoms with Gasteiger partial charge in [-0.3, -0.25) is 14.5 Å². The molecule has 2 aromatic rings. The first-order chi connectivity index (χ1) is 11.4. The number of carbonyl (C=O) groups is 2. The van der Waals surface area contributed by atoms with Crippen LogP contribution in [-0.2, 0) is 9.84 Å². The molecule has 24 heavy (non-hydrogen) atoms. The van der Waals surface area contributed by atoms with Crippen molar-refractivity contribution in [1.82, 2.24) is 4.90 Å². The number of methoxy groups -OCH3 is 1. The number of hydrogen-bond acceptors (Lipinski definition) is 5. The summed E-state index contributed by atoms with van der Waals surface area (Å²) >= 11 is 0. The molecule has 0 radical (unpaired) electrons. The van der Waals surface area contributed by atoms with Crippen LogP contribution in [0.3, 0.4) is 0 Å². The first-order valence-electron chi connectivity index (χ1n) is 7.26. The molecule has 0 N–H and O–H groups in total. The Morgan fingerprint density at radius 2 is 1.46 bits per heavy atom. The number of carbonyl (C=O) groups excluding carboxylic acids is 2. The van der Waals surface area contributed by atoms with E-state index >= 15 is 0 Å². The van der Waals surface area contributed by atoms with Crippen LogP contribution in [0.4, 0.5) is 0 Å². The highest BCUT2D eigenvalue weighted by Crippen LogP contribution is 2.23.